The normalized spacial score (nSPS) is 12.1. The molecule has 0 aromatic heterocycles. The number of halogens is 1. The smallest absolute Gasteiger partial charge is 0.154 e. The fourth-order valence-corrected chi connectivity index (χ4v) is 3.87. The molecule has 0 bridgehead atoms. The van der Waals surface area contributed by atoms with Crippen molar-refractivity contribution in [1.29, 1.82) is 10.5 Å². The highest BCUT2D eigenvalue weighted by Gasteiger charge is 2.40. The van der Waals surface area contributed by atoms with E-state index in [1.54, 1.807) is 6.08 Å². The maximum Gasteiger partial charge on any atom is 0.154 e. The summed E-state index contributed by atoms with van der Waals surface area (Å²) in [5.41, 5.74) is 0.688. The van der Waals surface area contributed by atoms with Gasteiger partial charge in [-0.3, -0.25) is 0 Å². The fourth-order valence-electron chi connectivity index (χ4n) is 3.56. The second kappa shape index (κ2) is 8.09. The molecule has 3 aromatic carbocycles. The first kappa shape index (κ1) is 18.7. The number of nitrogens with zero attached hydrogens (tertiary/aromatic N) is 2. The molecule has 2 nitrogen and oxygen atoms in total. The van der Waals surface area contributed by atoms with E-state index in [1.165, 1.54) is 0 Å². The molecule has 0 fully saturated rings. The van der Waals surface area contributed by atoms with E-state index in [0.717, 1.165) is 21.9 Å². The molecule has 0 aliphatic rings. The largest absolute Gasteiger partial charge is 0.197 e. The lowest BCUT2D eigenvalue weighted by atomic mass is 9.69. The van der Waals surface area contributed by atoms with Crippen molar-refractivity contribution in [2.75, 3.05) is 0 Å². The average molecular weight is 371 g/mol. The molecule has 0 aliphatic carbocycles. The summed E-state index contributed by atoms with van der Waals surface area (Å²) >= 11 is 6.70. The van der Waals surface area contributed by atoms with Crippen molar-refractivity contribution >= 4 is 22.4 Å². The van der Waals surface area contributed by atoms with Crippen molar-refractivity contribution in [3.8, 4) is 12.1 Å². The van der Waals surface area contributed by atoms with Crippen LogP contribution in [0.4, 0.5) is 0 Å². The molecule has 0 heterocycles. The highest BCUT2D eigenvalue weighted by molar-refractivity contribution is 6.36. The summed E-state index contributed by atoms with van der Waals surface area (Å²) in [5, 5.41) is 22.5. The van der Waals surface area contributed by atoms with Crippen molar-refractivity contribution in [2.24, 2.45) is 5.41 Å². The Labute approximate surface area is 164 Å². The lowest BCUT2D eigenvalue weighted by Gasteiger charge is -2.29. The van der Waals surface area contributed by atoms with Crippen LogP contribution in [-0.4, -0.2) is 0 Å². The van der Waals surface area contributed by atoms with Crippen LogP contribution >= 0.6 is 11.6 Å². The Kier molecular flexibility index (Phi) is 5.60. The minimum absolute atomic E-state index is 0.296. The Hall–Kier alpha value is -3.07. The lowest BCUT2D eigenvalue weighted by Crippen LogP contribution is -2.27. The molecule has 1 atom stereocenters. The number of allylic oxidation sites excluding steroid dienone is 1. The zero-order chi connectivity index (χ0) is 19.3. The van der Waals surface area contributed by atoms with Gasteiger partial charge in [-0.15, -0.1) is 6.58 Å². The predicted octanol–water partition coefficient (Wildman–Crippen LogP) is 6.43. The highest BCUT2D eigenvalue weighted by Crippen LogP contribution is 2.42. The second-order valence-corrected chi connectivity index (χ2v) is 6.99. The molecule has 0 radical (unpaired) electrons. The van der Waals surface area contributed by atoms with Crippen LogP contribution in [0.2, 0.25) is 5.02 Å². The van der Waals surface area contributed by atoms with Gasteiger partial charge < -0.3 is 0 Å². The summed E-state index contributed by atoms with van der Waals surface area (Å²) in [5.74, 6) is -0.314. The van der Waals surface area contributed by atoms with Gasteiger partial charge in [-0.2, -0.15) is 10.5 Å². The van der Waals surface area contributed by atoms with Crippen molar-refractivity contribution in [3.05, 3.63) is 95.5 Å². The summed E-state index contributed by atoms with van der Waals surface area (Å²) in [6.45, 7) is 3.75. The van der Waals surface area contributed by atoms with E-state index in [1.807, 2.05) is 66.7 Å². The minimum Gasteiger partial charge on any atom is -0.197 e. The fraction of sp³-hybridized carbons (Fsp3) is 0.167. The molecule has 0 N–H and O–H groups in total. The summed E-state index contributed by atoms with van der Waals surface area (Å²) in [7, 11) is 0. The Balaban J connectivity index is 2.13. The van der Waals surface area contributed by atoms with E-state index in [2.05, 4.69) is 18.7 Å². The second-order valence-electron chi connectivity index (χ2n) is 6.61. The van der Waals surface area contributed by atoms with Crippen molar-refractivity contribution in [1.82, 2.24) is 0 Å². The molecule has 3 rings (SSSR count). The Morgan fingerprint density at radius 2 is 1.63 bits per heavy atom. The summed E-state index contributed by atoms with van der Waals surface area (Å²) in [6.07, 6.45) is 2.44. The number of hydrogen-bond donors (Lipinski definition) is 0. The van der Waals surface area contributed by atoms with Gasteiger partial charge in [0.1, 0.15) is 0 Å². The van der Waals surface area contributed by atoms with E-state index in [9.17, 15) is 10.5 Å². The van der Waals surface area contributed by atoms with Crippen LogP contribution in [0.5, 0.6) is 0 Å². The third-order valence-electron chi connectivity index (χ3n) is 5.03. The molecule has 0 spiro atoms. The number of benzene rings is 3. The molecule has 3 aromatic rings. The predicted molar refractivity (Wildman–Crippen MR) is 110 cm³/mol. The maximum absolute atomic E-state index is 9.91. The lowest BCUT2D eigenvalue weighted by molar-refractivity contribution is 0.410. The maximum atomic E-state index is 9.91. The third kappa shape index (κ3) is 3.59. The van der Waals surface area contributed by atoms with Gasteiger partial charge in [0.25, 0.3) is 0 Å². The van der Waals surface area contributed by atoms with E-state index in [0.29, 0.717) is 17.9 Å². The van der Waals surface area contributed by atoms with Gasteiger partial charge in [-0.05, 0) is 29.4 Å². The van der Waals surface area contributed by atoms with E-state index >= 15 is 0 Å². The van der Waals surface area contributed by atoms with Gasteiger partial charge in [-0.25, -0.2) is 0 Å². The molecule has 132 valence electrons. The van der Waals surface area contributed by atoms with Crippen molar-refractivity contribution in [2.45, 2.75) is 18.8 Å². The molecule has 0 amide bonds. The van der Waals surface area contributed by atoms with Gasteiger partial charge in [0.2, 0.25) is 0 Å². The number of hydrogen-bond acceptors (Lipinski definition) is 2. The van der Waals surface area contributed by atoms with E-state index < -0.39 is 5.41 Å². The van der Waals surface area contributed by atoms with Gasteiger partial charge in [0, 0.05) is 11.3 Å². The van der Waals surface area contributed by atoms with Crippen molar-refractivity contribution < 1.29 is 0 Å². The van der Waals surface area contributed by atoms with Crippen molar-refractivity contribution in [3.63, 3.8) is 0 Å². The van der Waals surface area contributed by atoms with Crippen LogP contribution in [0.25, 0.3) is 10.8 Å². The molecule has 0 saturated heterocycles. The topological polar surface area (TPSA) is 47.6 Å². The molecule has 0 saturated carbocycles. The Morgan fingerprint density at radius 1 is 0.963 bits per heavy atom. The molecule has 27 heavy (non-hydrogen) atoms. The Bertz CT molecular complexity index is 1030. The van der Waals surface area contributed by atoms with Crippen LogP contribution in [0.3, 0.4) is 0 Å². The number of fused-ring (bicyclic) bond motifs is 1. The first-order valence-electron chi connectivity index (χ1n) is 8.79. The van der Waals surface area contributed by atoms with Crippen LogP contribution in [0.1, 0.15) is 23.5 Å². The molecule has 0 aliphatic heterocycles. The zero-order valence-corrected chi connectivity index (χ0v) is 15.7. The molecular weight excluding hydrogens is 352 g/mol. The summed E-state index contributed by atoms with van der Waals surface area (Å²) in [4.78, 5) is 0. The average Bonchev–Trinajstić information content (AvgIpc) is 2.73. The summed E-state index contributed by atoms with van der Waals surface area (Å²) in [6, 6.07) is 26.2. The van der Waals surface area contributed by atoms with Crippen LogP contribution in [-0.2, 0) is 6.42 Å². The van der Waals surface area contributed by atoms with Gasteiger partial charge in [-0.1, -0.05) is 84.4 Å². The van der Waals surface area contributed by atoms with E-state index in [-0.39, 0.29) is 5.92 Å². The zero-order valence-electron chi connectivity index (χ0n) is 14.9. The highest BCUT2D eigenvalue weighted by atomic mass is 35.5. The van der Waals surface area contributed by atoms with Gasteiger partial charge in [0.15, 0.2) is 5.41 Å². The SMILES string of the molecule is C=CCC(C#N)(C#N)C(Cc1ccc2ccccc2c1Cl)c1ccccc1. The van der Waals surface area contributed by atoms with E-state index in [4.69, 9.17) is 11.6 Å². The quantitative estimate of drug-likeness (QED) is 0.469. The number of nitriles is 2. The molecular formula is C24H19ClN2. The monoisotopic (exact) mass is 370 g/mol. The van der Waals surface area contributed by atoms with Gasteiger partial charge >= 0.3 is 0 Å². The van der Waals surface area contributed by atoms with Crippen LogP contribution < -0.4 is 0 Å². The molecule has 1 unspecified atom stereocenters. The van der Waals surface area contributed by atoms with Crippen LogP contribution in [0.15, 0.2) is 79.4 Å². The minimum atomic E-state index is -1.20. The summed E-state index contributed by atoms with van der Waals surface area (Å²) < 4.78 is 0. The first-order valence-corrected chi connectivity index (χ1v) is 9.17. The Morgan fingerprint density at radius 3 is 2.30 bits per heavy atom. The molecule has 3 heteroatoms. The first-order chi connectivity index (χ1) is 13.1. The van der Waals surface area contributed by atoms with Gasteiger partial charge in [0.05, 0.1) is 17.2 Å². The third-order valence-corrected chi connectivity index (χ3v) is 5.48. The van der Waals surface area contributed by atoms with Crippen LogP contribution in [0, 0.1) is 28.1 Å². The number of rotatable bonds is 6. The standard InChI is InChI=1S/C24H19ClN2/c1-2-14-24(16-26,17-27)22(19-9-4-3-5-10-19)15-20-13-12-18-8-6-7-11-21(18)23(20)25/h2-13,22H,1,14-15H2.